The zero-order valence-corrected chi connectivity index (χ0v) is 30.7. The molecule has 5 nitrogen and oxygen atoms in total. The number of hydrogen-bond acceptors (Lipinski definition) is 3. The van der Waals surface area contributed by atoms with E-state index in [4.69, 9.17) is 14.4 Å². The van der Waals surface area contributed by atoms with E-state index in [0.29, 0.717) is 5.82 Å². The predicted molar refractivity (Wildman–Crippen MR) is 234 cm³/mol. The summed E-state index contributed by atoms with van der Waals surface area (Å²) >= 11 is 0. The van der Waals surface area contributed by atoms with Gasteiger partial charge in [0.1, 0.15) is 5.58 Å². The number of para-hydroxylation sites is 4. The van der Waals surface area contributed by atoms with Crippen molar-refractivity contribution in [1.82, 2.24) is 19.1 Å². The first-order valence-corrected chi connectivity index (χ1v) is 19.3. The summed E-state index contributed by atoms with van der Waals surface area (Å²) in [6.45, 7) is 0. The summed E-state index contributed by atoms with van der Waals surface area (Å²) in [7, 11) is 0. The molecule has 0 spiro atoms. The molecule has 0 saturated heterocycles. The number of furan rings is 1. The molecule has 0 aliphatic rings. The largest absolute Gasteiger partial charge is 0.454 e. The molecule has 0 N–H and O–H groups in total. The molecule has 57 heavy (non-hydrogen) atoms. The van der Waals surface area contributed by atoms with Crippen LogP contribution in [0.15, 0.2) is 199 Å². The fourth-order valence-electron chi connectivity index (χ4n) is 8.87. The number of hydrogen-bond donors (Lipinski definition) is 0. The van der Waals surface area contributed by atoms with Gasteiger partial charge in [0.15, 0.2) is 11.4 Å². The summed E-state index contributed by atoms with van der Waals surface area (Å²) < 4.78 is 11.8. The minimum atomic E-state index is 0.653. The highest BCUT2D eigenvalue weighted by Crippen LogP contribution is 2.45. The normalized spacial score (nSPS) is 11.9. The first-order valence-electron chi connectivity index (χ1n) is 19.3. The van der Waals surface area contributed by atoms with Crippen molar-refractivity contribution in [2.75, 3.05) is 0 Å². The third-order valence-electron chi connectivity index (χ3n) is 11.3. The Bertz CT molecular complexity index is 3450. The Morgan fingerprint density at radius 2 is 0.930 bits per heavy atom. The maximum absolute atomic E-state index is 7.00. The molecule has 0 fully saturated rings. The second-order valence-electron chi connectivity index (χ2n) is 14.5. The summed E-state index contributed by atoms with van der Waals surface area (Å²) in [5.41, 5.74) is 13.0. The Morgan fingerprint density at radius 1 is 0.404 bits per heavy atom. The third kappa shape index (κ3) is 4.76. The molecule has 4 heterocycles. The molecule has 5 heteroatoms. The molecule has 4 aromatic heterocycles. The molecule has 0 atom stereocenters. The maximum atomic E-state index is 7.00. The van der Waals surface area contributed by atoms with Gasteiger partial charge in [-0.15, -0.1) is 0 Å². The second-order valence-corrected chi connectivity index (χ2v) is 14.5. The fourth-order valence-corrected chi connectivity index (χ4v) is 8.87. The molecular formula is C52H32N4O. The number of nitrogens with zero attached hydrogens (tertiary/aromatic N) is 4. The van der Waals surface area contributed by atoms with Crippen molar-refractivity contribution in [2.45, 2.75) is 0 Å². The molecule has 266 valence electrons. The van der Waals surface area contributed by atoms with Crippen LogP contribution in [0, 0.1) is 0 Å². The molecule has 0 saturated carbocycles. The van der Waals surface area contributed by atoms with Gasteiger partial charge < -0.3 is 13.6 Å². The van der Waals surface area contributed by atoms with Crippen molar-refractivity contribution in [2.24, 2.45) is 0 Å². The average Bonchev–Trinajstić information content (AvgIpc) is 3.95. The van der Waals surface area contributed by atoms with Crippen molar-refractivity contribution in [3.8, 4) is 45.3 Å². The minimum Gasteiger partial charge on any atom is -0.454 e. The molecule has 0 aliphatic heterocycles. The lowest BCUT2D eigenvalue weighted by molar-refractivity contribution is 0.666. The smallest absolute Gasteiger partial charge is 0.161 e. The molecular weight excluding hydrogens is 697 g/mol. The van der Waals surface area contributed by atoms with Gasteiger partial charge in [-0.25, -0.2) is 9.97 Å². The van der Waals surface area contributed by atoms with Gasteiger partial charge in [0.2, 0.25) is 0 Å². The lowest BCUT2D eigenvalue weighted by Gasteiger charge is -2.13. The van der Waals surface area contributed by atoms with Crippen molar-refractivity contribution in [3.05, 3.63) is 194 Å². The van der Waals surface area contributed by atoms with Gasteiger partial charge in [-0.3, -0.25) is 0 Å². The Hall–Kier alpha value is -7.76. The first-order chi connectivity index (χ1) is 28.3. The first kappa shape index (κ1) is 31.6. The maximum Gasteiger partial charge on any atom is 0.161 e. The van der Waals surface area contributed by atoms with E-state index in [-0.39, 0.29) is 0 Å². The topological polar surface area (TPSA) is 48.8 Å². The van der Waals surface area contributed by atoms with Gasteiger partial charge in [0.25, 0.3) is 0 Å². The summed E-state index contributed by atoms with van der Waals surface area (Å²) in [4.78, 5) is 10.4. The highest BCUT2D eigenvalue weighted by atomic mass is 16.3. The van der Waals surface area contributed by atoms with Crippen molar-refractivity contribution in [3.63, 3.8) is 0 Å². The van der Waals surface area contributed by atoms with Crippen LogP contribution in [-0.2, 0) is 0 Å². The zero-order valence-electron chi connectivity index (χ0n) is 30.7. The number of benzene rings is 8. The van der Waals surface area contributed by atoms with Gasteiger partial charge in [-0.05, 0) is 42.5 Å². The third-order valence-corrected chi connectivity index (χ3v) is 11.3. The van der Waals surface area contributed by atoms with E-state index >= 15 is 0 Å². The van der Waals surface area contributed by atoms with Gasteiger partial charge in [0.05, 0.1) is 39.1 Å². The summed E-state index contributed by atoms with van der Waals surface area (Å²) in [5, 5.41) is 6.79. The summed E-state index contributed by atoms with van der Waals surface area (Å²) in [5.74, 6) is 0.653. The summed E-state index contributed by atoms with van der Waals surface area (Å²) in [6, 6.07) is 68.1. The highest BCUT2D eigenvalue weighted by Gasteiger charge is 2.24. The van der Waals surface area contributed by atoms with E-state index in [1.54, 1.807) is 0 Å². The van der Waals surface area contributed by atoms with Gasteiger partial charge >= 0.3 is 0 Å². The van der Waals surface area contributed by atoms with Crippen molar-refractivity contribution < 1.29 is 4.42 Å². The van der Waals surface area contributed by atoms with E-state index in [1.807, 2.05) is 42.5 Å². The van der Waals surface area contributed by atoms with Crippen LogP contribution >= 0.6 is 0 Å². The van der Waals surface area contributed by atoms with E-state index in [1.165, 1.54) is 27.1 Å². The van der Waals surface area contributed by atoms with Crippen LogP contribution in [0.25, 0.3) is 111 Å². The van der Waals surface area contributed by atoms with E-state index in [2.05, 4.69) is 161 Å². The standard InChI is InChI=1S/C52H32N4O/c1-4-16-33(17-5-1)42-32-43(34-18-6-2-7-19-34)54-52(53-42)41-25-15-29-47-48(41)40-24-14-28-46(51(40)57-47)56-45-27-13-11-23-37(45)39-31-30-38-36-22-10-12-26-44(36)55(49(38)50(39)56)35-20-8-3-9-21-35/h1-32H. The zero-order chi connectivity index (χ0) is 37.5. The van der Waals surface area contributed by atoms with Crippen molar-refractivity contribution in [1.29, 1.82) is 0 Å². The Morgan fingerprint density at radius 3 is 1.58 bits per heavy atom. The van der Waals surface area contributed by atoms with E-state index in [9.17, 15) is 0 Å². The van der Waals surface area contributed by atoms with Crippen LogP contribution in [0.3, 0.4) is 0 Å². The number of fused-ring (bicyclic) bond motifs is 10. The molecule has 12 aromatic rings. The van der Waals surface area contributed by atoms with Gasteiger partial charge in [0, 0.05) is 54.7 Å². The average molecular weight is 729 g/mol. The van der Waals surface area contributed by atoms with Gasteiger partial charge in [-0.1, -0.05) is 152 Å². The summed E-state index contributed by atoms with van der Waals surface area (Å²) in [6.07, 6.45) is 0. The van der Waals surface area contributed by atoms with E-state index in [0.717, 1.165) is 77.9 Å². The number of rotatable bonds is 5. The quantitative estimate of drug-likeness (QED) is 0.177. The molecule has 0 radical (unpaired) electrons. The monoisotopic (exact) mass is 728 g/mol. The molecule has 0 unspecified atom stereocenters. The minimum absolute atomic E-state index is 0.653. The molecule has 12 rings (SSSR count). The Kier molecular flexibility index (Phi) is 6.86. The second kappa shape index (κ2) is 12.4. The lowest BCUT2D eigenvalue weighted by atomic mass is 10.0. The van der Waals surface area contributed by atoms with Crippen LogP contribution < -0.4 is 0 Å². The highest BCUT2D eigenvalue weighted by molar-refractivity contribution is 6.24. The Labute approximate surface area is 327 Å². The van der Waals surface area contributed by atoms with E-state index < -0.39 is 0 Å². The molecule has 0 bridgehead atoms. The Balaban J connectivity index is 1.17. The van der Waals surface area contributed by atoms with Crippen LogP contribution in [0.1, 0.15) is 0 Å². The lowest BCUT2D eigenvalue weighted by Crippen LogP contribution is -1.99. The fraction of sp³-hybridized carbons (Fsp3) is 0. The van der Waals surface area contributed by atoms with Crippen LogP contribution in [-0.4, -0.2) is 19.1 Å². The van der Waals surface area contributed by atoms with Gasteiger partial charge in [-0.2, -0.15) is 0 Å². The van der Waals surface area contributed by atoms with Crippen molar-refractivity contribution >= 4 is 65.6 Å². The van der Waals surface area contributed by atoms with Crippen LogP contribution in [0.4, 0.5) is 0 Å². The predicted octanol–water partition coefficient (Wildman–Crippen LogP) is 13.6. The molecule has 0 aliphatic carbocycles. The molecule has 0 amide bonds. The SMILES string of the molecule is c1ccc(-c2cc(-c3ccccc3)nc(-c3cccc4oc5c(-n6c7ccccc7c7ccc8c9ccccc9n(-c9ccccc9)c8c76)cccc5c34)n2)cc1. The number of aromatic nitrogens is 4. The molecule has 8 aromatic carbocycles. The van der Waals surface area contributed by atoms with Crippen LogP contribution in [0.5, 0.6) is 0 Å². The van der Waals surface area contributed by atoms with Crippen LogP contribution in [0.2, 0.25) is 0 Å².